The Morgan fingerprint density at radius 3 is 2.57 bits per heavy atom. The van der Waals surface area contributed by atoms with E-state index in [1.807, 2.05) is 17.0 Å². The van der Waals surface area contributed by atoms with Gasteiger partial charge in [-0.2, -0.15) is 0 Å². The fourth-order valence-electron chi connectivity index (χ4n) is 4.32. The normalized spacial score (nSPS) is 16.7. The van der Waals surface area contributed by atoms with Crippen LogP contribution in [-0.4, -0.2) is 28.9 Å². The molecule has 0 atom stereocenters. The number of hydrogen-bond acceptors (Lipinski definition) is 3. The second kappa shape index (κ2) is 7.67. The zero-order valence-electron chi connectivity index (χ0n) is 16.6. The number of aromatic nitrogens is 1. The first-order valence-electron chi connectivity index (χ1n) is 10.6. The van der Waals surface area contributed by atoms with Gasteiger partial charge in [-0.15, -0.1) is 0 Å². The molecule has 2 fully saturated rings. The van der Waals surface area contributed by atoms with E-state index >= 15 is 0 Å². The van der Waals surface area contributed by atoms with Crippen molar-refractivity contribution in [1.29, 1.82) is 0 Å². The fraction of sp³-hybridized carbons (Fsp3) is 0.333. The van der Waals surface area contributed by atoms with Gasteiger partial charge in [-0.05, 0) is 55.7 Å². The van der Waals surface area contributed by atoms with Crippen molar-refractivity contribution in [1.82, 2.24) is 9.88 Å². The molecule has 0 spiro atoms. The Morgan fingerprint density at radius 1 is 1.03 bits per heavy atom. The number of amides is 1. The third-order valence-electron chi connectivity index (χ3n) is 6.04. The van der Waals surface area contributed by atoms with E-state index in [0.717, 1.165) is 67.6 Å². The molecule has 1 N–H and O–H groups in total. The summed E-state index contributed by atoms with van der Waals surface area (Å²) in [6, 6.07) is 9.91. The summed E-state index contributed by atoms with van der Waals surface area (Å²) in [4.78, 5) is 19.7. The molecule has 2 heterocycles. The van der Waals surface area contributed by atoms with Crippen LogP contribution < -0.4 is 5.32 Å². The first-order chi connectivity index (χ1) is 14.6. The Morgan fingerprint density at radius 2 is 1.80 bits per heavy atom. The summed E-state index contributed by atoms with van der Waals surface area (Å²) < 4.78 is 27.9. The number of halogens is 2. The van der Waals surface area contributed by atoms with Crippen molar-refractivity contribution in [3.05, 3.63) is 65.4 Å². The minimum Gasteiger partial charge on any atom is -0.339 e. The van der Waals surface area contributed by atoms with E-state index < -0.39 is 11.6 Å². The molecule has 2 aliphatic rings. The number of nitrogens with one attached hydrogen (secondary N) is 1. The van der Waals surface area contributed by atoms with E-state index in [9.17, 15) is 13.6 Å². The highest BCUT2D eigenvalue weighted by Crippen LogP contribution is 2.45. The lowest BCUT2D eigenvalue weighted by molar-refractivity contribution is 0.0726. The third-order valence-corrected chi connectivity index (χ3v) is 6.04. The number of pyridine rings is 1. The molecule has 1 aliphatic heterocycles. The van der Waals surface area contributed by atoms with E-state index in [-0.39, 0.29) is 11.6 Å². The van der Waals surface area contributed by atoms with Crippen LogP contribution in [0.2, 0.25) is 0 Å². The molecule has 0 bridgehead atoms. The van der Waals surface area contributed by atoms with Crippen molar-refractivity contribution >= 4 is 28.2 Å². The Hall–Kier alpha value is -3.02. The summed E-state index contributed by atoms with van der Waals surface area (Å²) in [6.07, 6.45) is 6.97. The maximum absolute atomic E-state index is 14.2. The Kier molecular flexibility index (Phi) is 4.85. The van der Waals surface area contributed by atoms with Gasteiger partial charge in [0.05, 0.1) is 11.3 Å². The van der Waals surface area contributed by atoms with Crippen LogP contribution in [0.5, 0.6) is 0 Å². The van der Waals surface area contributed by atoms with Gasteiger partial charge in [0, 0.05) is 30.1 Å². The number of carbonyl (C=O) groups excluding carboxylic acids is 1. The molecule has 1 aromatic heterocycles. The van der Waals surface area contributed by atoms with Crippen LogP contribution in [0.3, 0.4) is 0 Å². The highest BCUT2D eigenvalue weighted by molar-refractivity contribution is 6.11. The van der Waals surface area contributed by atoms with Crippen LogP contribution in [0.4, 0.5) is 20.3 Å². The molecule has 6 heteroatoms. The van der Waals surface area contributed by atoms with Gasteiger partial charge in [0.2, 0.25) is 0 Å². The zero-order chi connectivity index (χ0) is 20.7. The van der Waals surface area contributed by atoms with Crippen molar-refractivity contribution < 1.29 is 13.6 Å². The van der Waals surface area contributed by atoms with Crippen LogP contribution in [0.1, 0.15) is 53.9 Å². The monoisotopic (exact) mass is 407 g/mol. The van der Waals surface area contributed by atoms with Crippen molar-refractivity contribution in [2.75, 3.05) is 18.4 Å². The molecule has 1 saturated heterocycles. The predicted octanol–water partition coefficient (Wildman–Crippen LogP) is 5.76. The van der Waals surface area contributed by atoms with Crippen molar-refractivity contribution in [3.63, 3.8) is 0 Å². The molecular formula is C24H23F2N3O. The van der Waals surface area contributed by atoms with Gasteiger partial charge in [-0.3, -0.25) is 4.79 Å². The van der Waals surface area contributed by atoms with E-state index in [0.29, 0.717) is 17.3 Å². The SMILES string of the molecule is O=C(c1cnc(Nc2cccc(F)c2F)c2cccc(C3CC3)c12)N1CCCCC1. The number of likely N-dealkylation sites (tertiary alicyclic amines) is 1. The van der Waals surface area contributed by atoms with E-state index in [1.165, 1.54) is 12.1 Å². The van der Waals surface area contributed by atoms with Gasteiger partial charge in [0.25, 0.3) is 5.91 Å². The molecule has 0 unspecified atom stereocenters. The topological polar surface area (TPSA) is 45.2 Å². The Bertz CT molecular complexity index is 1120. The number of benzene rings is 2. The first-order valence-corrected chi connectivity index (χ1v) is 10.6. The molecule has 2 aromatic carbocycles. The molecule has 1 amide bonds. The lowest BCUT2D eigenvalue weighted by Crippen LogP contribution is -2.35. The third kappa shape index (κ3) is 3.40. The maximum atomic E-state index is 14.2. The van der Waals surface area contributed by atoms with E-state index in [2.05, 4.69) is 16.4 Å². The molecule has 5 rings (SSSR count). The van der Waals surface area contributed by atoms with Gasteiger partial charge in [-0.25, -0.2) is 13.8 Å². The Balaban J connectivity index is 1.63. The quantitative estimate of drug-likeness (QED) is 0.598. The van der Waals surface area contributed by atoms with Crippen LogP contribution >= 0.6 is 0 Å². The number of piperidine rings is 1. The maximum Gasteiger partial charge on any atom is 0.256 e. The van der Waals surface area contributed by atoms with Crippen LogP contribution in [0, 0.1) is 11.6 Å². The number of rotatable bonds is 4. The van der Waals surface area contributed by atoms with Gasteiger partial charge < -0.3 is 10.2 Å². The molecule has 154 valence electrons. The lowest BCUT2D eigenvalue weighted by atomic mass is 9.96. The summed E-state index contributed by atoms with van der Waals surface area (Å²) >= 11 is 0. The average molecular weight is 407 g/mol. The second-order valence-corrected chi connectivity index (χ2v) is 8.14. The van der Waals surface area contributed by atoms with Crippen LogP contribution in [0.15, 0.2) is 42.6 Å². The number of hydrogen-bond donors (Lipinski definition) is 1. The average Bonchev–Trinajstić information content (AvgIpc) is 3.62. The number of fused-ring (bicyclic) bond motifs is 1. The molecule has 4 nitrogen and oxygen atoms in total. The summed E-state index contributed by atoms with van der Waals surface area (Å²) in [5.41, 5.74) is 1.76. The van der Waals surface area contributed by atoms with E-state index in [1.54, 1.807) is 6.20 Å². The smallest absolute Gasteiger partial charge is 0.256 e. The van der Waals surface area contributed by atoms with Gasteiger partial charge in [-0.1, -0.05) is 24.3 Å². The highest BCUT2D eigenvalue weighted by atomic mass is 19.2. The highest BCUT2D eigenvalue weighted by Gasteiger charge is 2.29. The van der Waals surface area contributed by atoms with Gasteiger partial charge in [0.1, 0.15) is 5.82 Å². The van der Waals surface area contributed by atoms with E-state index in [4.69, 9.17) is 0 Å². The number of anilines is 2. The lowest BCUT2D eigenvalue weighted by Gasteiger charge is -2.27. The largest absolute Gasteiger partial charge is 0.339 e. The number of carbonyl (C=O) groups is 1. The summed E-state index contributed by atoms with van der Waals surface area (Å²) in [5.74, 6) is -1.00. The predicted molar refractivity (Wildman–Crippen MR) is 113 cm³/mol. The minimum atomic E-state index is -0.945. The van der Waals surface area contributed by atoms with Gasteiger partial charge >= 0.3 is 0 Å². The molecule has 0 radical (unpaired) electrons. The van der Waals surface area contributed by atoms with Crippen molar-refractivity contribution in [2.45, 2.75) is 38.0 Å². The fourth-order valence-corrected chi connectivity index (χ4v) is 4.32. The van der Waals surface area contributed by atoms with Gasteiger partial charge in [0.15, 0.2) is 11.6 Å². The second-order valence-electron chi connectivity index (χ2n) is 8.14. The molecular weight excluding hydrogens is 384 g/mol. The zero-order valence-corrected chi connectivity index (χ0v) is 16.6. The summed E-state index contributed by atoms with van der Waals surface area (Å²) in [6.45, 7) is 1.53. The van der Waals surface area contributed by atoms with Crippen LogP contribution in [0.25, 0.3) is 10.8 Å². The molecule has 30 heavy (non-hydrogen) atoms. The minimum absolute atomic E-state index is 0.00351. The Labute approximate surface area is 173 Å². The summed E-state index contributed by atoms with van der Waals surface area (Å²) in [5, 5.41) is 4.57. The number of nitrogens with zero attached hydrogens (tertiary/aromatic N) is 2. The van der Waals surface area contributed by atoms with Crippen molar-refractivity contribution in [3.8, 4) is 0 Å². The first kappa shape index (κ1) is 19.0. The van der Waals surface area contributed by atoms with Crippen molar-refractivity contribution in [2.24, 2.45) is 0 Å². The summed E-state index contributed by atoms with van der Waals surface area (Å²) in [7, 11) is 0. The molecule has 3 aromatic rings. The standard InChI is InChI=1S/C24H23F2N3O/c25-19-8-5-9-20(22(19)26)28-23-17-7-4-6-16(15-10-11-15)21(17)18(14-27-23)24(30)29-12-2-1-3-13-29/h4-9,14-15H,1-3,10-13H2,(H,27,28). The van der Waals surface area contributed by atoms with Crippen LogP contribution in [-0.2, 0) is 0 Å². The molecule has 1 saturated carbocycles. The molecule has 1 aliphatic carbocycles.